The normalized spacial score (nSPS) is 19.1. The Hall–Kier alpha value is -3.02. The zero-order valence-electron chi connectivity index (χ0n) is 19.4. The maximum Gasteiger partial charge on any atom is 0.317 e. The van der Waals surface area contributed by atoms with Gasteiger partial charge in [0.1, 0.15) is 0 Å². The summed E-state index contributed by atoms with van der Waals surface area (Å²) < 4.78 is 0. The van der Waals surface area contributed by atoms with Crippen molar-refractivity contribution in [3.63, 3.8) is 0 Å². The molecule has 4 rings (SSSR count). The average Bonchev–Trinajstić information content (AvgIpc) is 2.85. The number of piperidine rings is 1. The predicted molar refractivity (Wildman–Crippen MR) is 128 cm³/mol. The van der Waals surface area contributed by atoms with Gasteiger partial charge in [-0.05, 0) is 61.6 Å². The van der Waals surface area contributed by atoms with E-state index in [9.17, 15) is 9.59 Å². The Labute approximate surface area is 191 Å². The van der Waals surface area contributed by atoms with Crippen LogP contribution < -0.4 is 10.2 Å². The summed E-state index contributed by atoms with van der Waals surface area (Å²) in [6.07, 6.45) is 2.02. The van der Waals surface area contributed by atoms with Gasteiger partial charge in [-0.15, -0.1) is 0 Å². The maximum atomic E-state index is 13.3. The maximum absolute atomic E-state index is 13.3. The van der Waals surface area contributed by atoms with E-state index in [-0.39, 0.29) is 17.9 Å². The number of amides is 3. The molecule has 170 valence electrons. The van der Waals surface area contributed by atoms with E-state index in [0.29, 0.717) is 6.54 Å². The fraction of sp³-hybridized carbons (Fsp3) is 0.462. The Morgan fingerprint density at radius 3 is 2.44 bits per heavy atom. The monoisotopic (exact) mass is 434 g/mol. The number of nitrogens with zero attached hydrogens (tertiary/aromatic N) is 3. The van der Waals surface area contributed by atoms with Crippen molar-refractivity contribution in [1.82, 2.24) is 15.1 Å². The SMILES string of the molecule is CNC(=O)N1CCC[C@H](c2cccc(C(=O)N3CCN(c4cccc(C)c4C)CC3)c2)C1. The lowest BCUT2D eigenvalue weighted by Gasteiger charge is -2.37. The third kappa shape index (κ3) is 4.59. The fourth-order valence-corrected chi connectivity index (χ4v) is 4.93. The number of aryl methyl sites for hydroxylation is 1. The van der Waals surface area contributed by atoms with Gasteiger partial charge in [0.05, 0.1) is 0 Å². The first-order valence-electron chi connectivity index (χ1n) is 11.6. The second kappa shape index (κ2) is 9.63. The Morgan fingerprint density at radius 2 is 1.69 bits per heavy atom. The number of nitrogens with one attached hydrogen (secondary N) is 1. The van der Waals surface area contributed by atoms with E-state index in [4.69, 9.17) is 0 Å². The van der Waals surface area contributed by atoms with Crippen molar-refractivity contribution >= 4 is 17.6 Å². The average molecular weight is 435 g/mol. The second-order valence-corrected chi connectivity index (χ2v) is 8.96. The molecule has 1 N–H and O–H groups in total. The van der Waals surface area contributed by atoms with Crippen LogP contribution in [0.2, 0.25) is 0 Å². The number of benzene rings is 2. The van der Waals surface area contributed by atoms with Crippen molar-refractivity contribution in [3.05, 3.63) is 64.7 Å². The van der Waals surface area contributed by atoms with E-state index in [0.717, 1.165) is 56.7 Å². The van der Waals surface area contributed by atoms with Crippen LogP contribution >= 0.6 is 0 Å². The molecule has 2 heterocycles. The highest BCUT2D eigenvalue weighted by Crippen LogP contribution is 2.28. The molecule has 32 heavy (non-hydrogen) atoms. The molecule has 3 amide bonds. The van der Waals surface area contributed by atoms with Gasteiger partial charge in [-0.25, -0.2) is 4.79 Å². The number of likely N-dealkylation sites (tertiary alicyclic amines) is 1. The zero-order chi connectivity index (χ0) is 22.7. The van der Waals surface area contributed by atoms with Crippen LogP contribution in [0.3, 0.4) is 0 Å². The summed E-state index contributed by atoms with van der Waals surface area (Å²) in [7, 11) is 1.67. The molecule has 2 aliphatic heterocycles. The number of hydrogen-bond acceptors (Lipinski definition) is 3. The molecule has 0 aromatic heterocycles. The first-order valence-corrected chi connectivity index (χ1v) is 11.6. The van der Waals surface area contributed by atoms with Gasteiger partial charge >= 0.3 is 6.03 Å². The van der Waals surface area contributed by atoms with E-state index >= 15 is 0 Å². The largest absolute Gasteiger partial charge is 0.368 e. The molecular weight excluding hydrogens is 400 g/mol. The van der Waals surface area contributed by atoms with E-state index in [1.807, 2.05) is 28.0 Å². The summed E-state index contributed by atoms with van der Waals surface area (Å²) in [6, 6.07) is 14.4. The lowest BCUT2D eigenvalue weighted by atomic mass is 9.89. The van der Waals surface area contributed by atoms with Crippen LogP contribution in [-0.2, 0) is 0 Å². The van der Waals surface area contributed by atoms with E-state index in [1.165, 1.54) is 16.8 Å². The number of anilines is 1. The first kappa shape index (κ1) is 22.2. The molecule has 1 atom stereocenters. The molecule has 6 heteroatoms. The lowest BCUT2D eigenvalue weighted by molar-refractivity contribution is 0.0746. The molecule has 0 saturated carbocycles. The van der Waals surface area contributed by atoms with Gasteiger partial charge < -0.3 is 20.0 Å². The van der Waals surface area contributed by atoms with Crippen LogP contribution in [0.5, 0.6) is 0 Å². The van der Waals surface area contributed by atoms with Gasteiger partial charge in [-0.2, -0.15) is 0 Å². The number of hydrogen-bond donors (Lipinski definition) is 1. The minimum atomic E-state index is -0.0244. The molecule has 2 fully saturated rings. The highest BCUT2D eigenvalue weighted by Gasteiger charge is 2.26. The van der Waals surface area contributed by atoms with Crippen LogP contribution in [0, 0.1) is 13.8 Å². The van der Waals surface area contributed by atoms with Crippen molar-refractivity contribution in [2.45, 2.75) is 32.6 Å². The third-order valence-electron chi connectivity index (χ3n) is 7.01. The fourth-order valence-electron chi connectivity index (χ4n) is 4.93. The van der Waals surface area contributed by atoms with Gasteiger partial charge in [0, 0.05) is 63.5 Å². The molecule has 2 saturated heterocycles. The molecule has 0 bridgehead atoms. The van der Waals surface area contributed by atoms with Crippen molar-refractivity contribution < 1.29 is 9.59 Å². The van der Waals surface area contributed by atoms with Crippen LogP contribution in [0.25, 0.3) is 0 Å². The summed E-state index contributed by atoms with van der Waals surface area (Å²) in [5.74, 6) is 0.376. The van der Waals surface area contributed by atoms with Crippen molar-refractivity contribution in [2.24, 2.45) is 0 Å². The van der Waals surface area contributed by atoms with E-state index in [2.05, 4.69) is 48.3 Å². The number of urea groups is 1. The van der Waals surface area contributed by atoms with Crippen molar-refractivity contribution in [2.75, 3.05) is 51.2 Å². The Bertz CT molecular complexity index is 982. The van der Waals surface area contributed by atoms with Gasteiger partial charge in [0.15, 0.2) is 0 Å². The zero-order valence-corrected chi connectivity index (χ0v) is 19.4. The summed E-state index contributed by atoms with van der Waals surface area (Å²) in [4.78, 5) is 31.5. The molecule has 2 aliphatic rings. The number of rotatable bonds is 3. The van der Waals surface area contributed by atoms with E-state index in [1.54, 1.807) is 7.05 Å². The van der Waals surface area contributed by atoms with Gasteiger partial charge in [-0.3, -0.25) is 4.79 Å². The quantitative estimate of drug-likeness (QED) is 0.800. The van der Waals surface area contributed by atoms with Gasteiger partial charge in [0.25, 0.3) is 5.91 Å². The predicted octanol–water partition coefficient (Wildman–Crippen LogP) is 3.78. The molecule has 0 aliphatic carbocycles. The van der Waals surface area contributed by atoms with Crippen LogP contribution in [0.15, 0.2) is 42.5 Å². The smallest absolute Gasteiger partial charge is 0.317 e. The summed E-state index contributed by atoms with van der Waals surface area (Å²) in [5, 5.41) is 2.72. The minimum absolute atomic E-state index is 0.0244. The van der Waals surface area contributed by atoms with Crippen molar-refractivity contribution in [3.8, 4) is 0 Å². The Kier molecular flexibility index (Phi) is 6.68. The topological polar surface area (TPSA) is 55.9 Å². The molecule has 0 unspecified atom stereocenters. The van der Waals surface area contributed by atoms with Gasteiger partial charge in [0.2, 0.25) is 0 Å². The lowest BCUT2D eigenvalue weighted by Crippen LogP contribution is -2.49. The summed E-state index contributed by atoms with van der Waals surface area (Å²) in [6.45, 7) is 8.95. The highest BCUT2D eigenvalue weighted by atomic mass is 16.2. The molecule has 0 radical (unpaired) electrons. The third-order valence-corrected chi connectivity index (χ3v) is 7.01. The first-order chi connectivity index (χ1) is 15.5. The molecule has 2 aromatic rings. The van der Waals surface area contributed by atoms with E-state index < -0.39 is 0 Å². The molecular formula is C26H34N4O2. The second-order valence-electron chi connectivity index (χ2n) is 8.96. The minimum Gasteiger partial charge on any atom is -0.368 e. The number of piperazine rings is 1. The van der Waals surface area contributed by atoms with Gasteiger partial charge in [-0.1, -0.05) is 24.3 Å². The number of carbonyl (C=O) groups excluding carboxylic acids is 2. The molecule has 6 nitrogen and oxygen atoms in total. The Morgan fingerprint density at radius 1 is 0.938 bits per heavy atom. The molecule has 0 spiro atoms. The summed E-state index contributed by atoms with van der Waals surface area (Å²) >= 11 is 0. The highest BCUT2D eigenvalue weighted by molar-refractivity contribution is 5.94. The Balaban J connectivity index is 1.41. The van der Waals surface area contributed by atoms with Crippen molar-refractivity contribution in [1.29, 1.82) is 0 Å². The number of carbonyl (C=O) groups is 2. The van der Waals surface area contributed by atoms with Crippen LogP contribution in [0.4, 0.5) is 10.5 Å². The van der Waals surface area contributed by atoms with Crippen LogP contribution in [-0.4, -0.2) is 68.1 Å². The summed E-state index contributed by atoms with van der Waals surface area (Å²) in [5.41, 5.74) is 5.80. The molecule has 2 aromatic carbocycles. The van der Waals surface area contributed by atoms with Crippen LogP contribution in [0.1, 0.15) is 45.8 Å². The standard InChI is InChI=1S/C26H34N4O2/c1-19-7-4-11-24(20(19)2)28-13-15-29(16-14-28)25(31)22-9-5-8-21(17-22)23-10-6-12-30(18-23)26(32)27-3/h4-5,7-9,11,17,23H,6,10,12-16,18H2,1-3H3,(H,27,32)/t23-/m0/s1.